The molecule has 2 unspecified atom stereocenters. The van der Waals surface area contributed by atoms with Crippen molar-refractivity contribution in [1.82, 2.24) is 5.43 Å². The minimum Gasteiger partial charge on any atom is -0.271 e. The van der Waals surface area contributed by atoms with Gasteiger partial charge in [0.15, 0.2) is 0 Å². The average Bonchev–Trinajstić information content (AvgIpc) is 2.31. The molecule has 1 aromatic rings. The molecule has 0 aliphatic carbocycles. The predicted molar refractivity (Wildman–Crippen MR) is 69.9 cm³/mol. The summed E-state index contributed by atoms with van der Waals surface area (Å²) in [6.45, 7) is 4.44. The Bertz CT molecular complexity index is 311. The maximum absolute atomic E-state index is 12.8. The van der Waals surface area contributed by atoms with Gasteiger partial charge in [0.05, 0.1) is 0 Å². The molecule has 0 heterocycles. The molecule has 17 heavy (non-hydrogen) atoms. The van der Waals surface area contributed by atoms with E-state index in [0.717, 1.165) is 18.4 Å². The minimum absolute atomic E-state index is 0.189. The predicted octanol–water partition coefficient (Wildman–Crippen LogP) is 3.03. The Morgan fingerprint density at radius 1 is 1.29 bits per heavy atom. The summed E-state index contributed by atoms with van der Waals surface area (Å²) in [5, 5.41) is 0. The van der Waals surface area contributed by atoms with Crippen molar-refractivity contribution < 1.29 is 4.39 Å². The Morgan fingerprint density at radius 2 is 1.94 bits per heavy atom. The Labute approximate surface area is 103 Å². The molecule has 1 aromatic carbocycles. The first-order valence-corrected chi connectivity index (χ1v) is 6.36. The van der Waals surface area contributed by atoms with Crippen molar-refractivity contribution in [2.45, 2.75) is 45.6 Å². The van der Waals surface area contributed by atoms with Gasteiger partial charge < -0.3 is 0 Å². The lowest BCUT2D eigenvalue weighted by molar-refractivity contribution is 0.385. The number of rotatable bonds is 7. The van der Waals surface area contributed by atoms with Crippen LogP contribution in [0.4, 0.5) is 4.39 Å². The number of hydrogen-bond donors (Lipinski definition) is 2. The van der Waals surface area contributed by atoms with E-state index < -0.39 is 0 Å². The van der Waals surface area contributed by atoms with Gasteiger partial charge in [0.1, 0.15) is 5.82 Å². The first kappa shape index (κ1) is 14.1. The van der Waals surface area contributed by atoms with Gasteiger partial charge in [-0.15, -0.1) is 0 Å². The largest absolute Gasteiger partial charge is 0.271 e. The van der Waals surface area contributed by atoms with Crippen LogP contribution in [0.2, 0.25) is 0 Å². The van der Waals surface area contributed by atoms with Crippen molar-refractivity contribution in [3.05, 3.63) is 35.6 Å². The highest BCUT2D eigenvalue weighted by Crippen LogP contribution is 2.15. The molecule has 0 saturated carbocycles. The molecule has 0 radical (unpaired) electrons. The summed E-state index contributed by atoms with van der Waals surface area (Å²) in [5.74, 6) is 6.05. The van der Waals surface area contributed by atoms with Crippen molar-refractivity contribution >= 4 is 0 Å². The fourth-order valence-electron chi connectivity index (χ4n) is 2.21. The zero-order valence-electron chi connectivity index (χ0n) is 10.7. The maximum atomic E-state index is 12.8. The third kappa shape index (κ3) is 5.29. The fraction of sp³-hybridized carbons (Fsp3) is 0.571. The van der Waals surface area contributed by atoms with Crippen molar-refractivity contribution in [3.63, 3.8) is 0 Å². The van der Waals surface area contributed by atoms with E-state index in [0.29, 0.717) is 5.92 Å². The van der Waals surface area contributed by atoms with Gasteiger partial charge in [-0.3, -0.25) is 11.3 Å². The normalized spacial score (nSPS) is 14.6. The quantitative estimate of drug-likeness (QED) is 0.566. The molecule has 3 heteroatoms. The van der Waals surface area contributed by atoms with Gasteiger partial charge >= 0.3 is 0 Å². The van der Waals surface area contributed by atoms with E-state index in [1.54, 1.807) is 0 Å². The third-order valence-electron chi connectivity index (χ3n) is 3.10. The minimum atomic E-state index is -0.189. The van der Waals surface area contributed by atoms with Gasteiger partial charge in [-0.25, -0.2) is 4.39 Å². The van der Waals surface area contributed by atoms with Crippen LogP contribution in [0.3, 0.4) is 0 Å². The second-order valence-corrected chi connectivity index (χ2v) is 4.82. The molecule has 0 bridgehead atoms. The summed E-state index contributed by atoms with van der Waals surface area (Å²) >= 11 is 0. The van der Waals surface area contributed by atoms with Crippen molar-refractivity contribution in [1.29, 1.82) is 0 Å². The molecule has 0 aromatic heterocycles. The van der Waals surface area contributed by atoms with Crippen molar-refractivity contribution in [3.8, 4) is 0 Å². The fourth-order valence-corrected chi connectivity index (χ4v) is 2.21. The van der Waals surface area contributed by atoms with E-state index in [4.69, 9.17) is 5.84 Å². The molecular formula is C14H23FN2. The molecule has 2 nitrogen and oxygen atoms in total. The smallest absolute Gasteiger partial charge is 0.123 e. The Balaban J connectivity index is 2.48. The zero-order chi connectivity index (χ0) is 12.7. The summed E-state index contributed by atoms with van der Waals surface area (Å²) in [6, 6.07) is 6.91. The van der Waals surface area contributed by atoms with Gasteiger partial charge in [0.25, 0.3) is 0 Å². The second-order valence-electron chi connectivity index (χ2n) is 4.82. The van der Waals surface area contributed by atoms with Gasteiger partial charge in [-0.05, 0) is 36.5 Å². The van der Waals surface area contributed by atoms with Crippen LogP contribution in [0.5, 0.6) is 0 Å². The topological polar surface area (TPSA) is 38.0 Å². The van der Waals surface area contributed by atoms with E-state index in [9.17, 15) is 4.39 Å². The molecule has 96 valence electrons. The lowest BCUT2D eigenvalue weighted by Crippen LogP contribution is -2.38. The maximum Gasteiger partial charge on any atom is 0.123 e. The van der Waals surface area contributed by atoms with Crippen LogP contribution in [0, 0.1) is 11.7 Å². The van der Waals surface area contributed by atoms with E-state index in [-0.39, 0.29) is 11.9 Å². The molecule has 0 spiro atoms. The highest BCUT2D eigenvalue weighted by Gasteiger charge is 2.12. The molecule has 0 fully saturated rings. The molecule has 0 amide bonds. The summed E-state index contributed by atoms with van der Waals surface area (Å²) in [5.41, 5.74) is 3.98. The Kier molecular flexibility index (Phi) is 6.16. The van der Waals surface area contributed by atoms with E-state index in [2.05, 4.69) is 19.3 Å². The number of nitrogens with one attached hydrogen (secondary N) is 1. The summed E-state index contributed by atoms with van der Waals surface area (Å²) < 4.78 is 12.8. The van der Waals surface area contributed by atoms with Crippen LogP contribution >= 0.6 is 0 Å². The Hall–Kier alpha value is -0.930. The number of halogens is 1. The highest BCUT2D eigenvalue weighted by molar-refractivity contribution is 5.17. The number of hydrogen-bond acceptors (Lipinski definition) is 2. The summed E-state index contributed by atoms with van der Waals surface area (Å²) in [7, 11) is 0. The standard InChI is InChI=1S/C14H23FN2/c1-3-4-11(2)9-14(17-16)10-12-5-7-13(15)8-6-12/h5-8,11,14,17H,3-4,9-10,16H2,1-2H3. The van der Waals surface area contributed by atoms with E-state index >= 15 is 0 Å². The Morgan fingerprint density at radius 3 is 2.47 bits per heavy atom. The molecule has 1 rings (SSSR count). The van der Waals surface area contributed by atoms with Gasteiger partial charge in [0.2, 0.25) is 0 Å². The number of nitrogens with two attached hydrogens (primary N) is 1. The van der Waals surface area contributed by atoms with E-state index in [1.807, 2.05) is 12.1 Å². The van der Waals surface area contributed by atoms with Crippen molar-refractivity contribution in [2.75, 3.05) is 0 Å². The molecule has 0 aliphatic heterocycles. The van der Waals surface area contributed by atoms with Crippen LogP contribution in [0.1, 0.15) is 38.7 Å². The van der Waals surface area contributed by atoms with E-state index in [1.165, 1.54) is 25.0 Å². The lowest BCUT2D eigenvalue weighted by Gasteiger charge is -2.20. The van der Waals surface area contributed by atoms with Crippen molar-refractivity contribution in [2.24, 2.45) is 11.8 Å². The zero-order valence-corrected chi connectivity index (χ0v) is 10.7. The lowest BCUT2D eigenvalue weighted by atomic mass is 9.94. The van der Waals surface area contributed by atoms with Crippen LogP contribution < -0.4 is 11.3 Å². The van der Waals surface area contributed by atoms with Crippen LogP contribution in [-0.4, -0.2) is 6.04 Å². The van der Waals surface area contributed by atoms with Gasteiger partial charge in [-0.2, -0.15) is 0 Å². The molecular weight excluding hydrogens is 215 g/mol. The summed E-state index contributed by atoms with van der Waals surface area (Å²) in [4.78, 5) is 0. The average molecular weight is 238 g/mol. The first-order valence-electron chi connectivity index (χ1n) is 6.36. The van der Waals surface area contributed by atoms with Crippen LogP contribution in [0.15, 0.2) is 24.3 Å². The second kappa shape index (κ2) is 7.41. The van der Waals surface area contributed by atoms with Crippen LogP contribution in [-0.2, 0) is 6.42 Å². The molecule has 3 N–H and O–H groups in total. The highest BCUT2D eigenvalue weighted by atomic mass is 19.1. The number of hydrazine groups is 1. The summed E-state index contributed by atoms with van der Waals surface area (Å²) in [6.07, 6.45) is 4.34. The first-order chi connectivity index (χ1) is 8.15. The molecule has 0 saturated heterocycles. The van der Waals surface area contributed by atoms with Crippen LogP contribution in [0.25, 0.3) is 0 Å². The molecule has 0 aliphatic rings. The molecule has 2 atom stereocenters. The number of benzene rings is 1. The monoisotopic (exact) mass is 238 g/mol. The third-order valence-corrected chi connectivity index (χ3v) is 3.10. The SMILES string of the molecule is CCCC(C)CC(Cc1ccc(F)cc1)NN. The van der Waals surface area contributed by atoms with Gasteiger partial charge in [0, 0.05) is 6.04 Å². The van der Waals surface area contributed by atoms with Gasteiger partial charge in [-0.1, -0.05) is 38.8 Å².